The van der Waals surface area contributed by atoms with E-state index >= 15 is 0 Å². The van der Waals surface area contributed by atoms with Crippen LogP contribution in [0.15, 0.2) is 23.1 Å². The Morgan fingerprint density at radius 3 is 2.70 bits per heavy atom. The SMILES string of the molecule is CC(C)Oc1ccc2nc(O)c(C(=O)NCC(=O)O)c(=O)n2c1. The number of aromatic hydroxyl groups is 1. The fourth-order valence-electron chi connectivity index (χ4n) is 1.89. The molecule has 0 aliphatic rings. The lowest BCUT2D eigenvalue weighted by molar-refractivity contribution is -0.135. The summed E-state index contributed by atoms with van der Waals surface area (Å²) in [4.78, 5) is 38.5. The molecular weight excluding hydrogens is 306 g/mol. The molecule has 2 aromatic rings. The first-order valence-corrected chi connectivity index (χ1v) is 6.71. The largest absolute Gasteiger partial charge is 0.493 e. The molecule has 9 heteroatoms. The normalized spacial score (nSPS) is 10.7. The smallest absolute Gasteiger partial charge is 0.322 e. The van der Waals surface area contributed by atoms with Crippen LogP contribution in [0.1, 0.15) is 24.2 Å². The molecule has 0 saturated heterocycles. The molecule has 0 fully saturated rings. The average Bonchev–Trinajstić information content (AvgIpc) is 2.45. The first-order valence-electron chi connectivity index (χ1n) is 6.71. The van der Waals surface area contributed by atoms with Crippen LogP contribution in [0.3, 0.4) is 0 Å². The van der Waals surface area contributed by atoms with Gasteiger partial charge in [0.2, 0.25) is 5.88 Å². The highest BCUT2D eigenvalue weighted by Gasteiger charge is 2.20. The fraction of sp³-hybridized carbons (Fsp3) is 0.286. The van der Waals surface area contributed by atoms with Gasteiger partial charge < -0.3 is 20.3 Å². The standard InChI is InChI=1S/C14H15N3O6/c1-7(2)23-8-3-4-9-16-13(21)11(14(22)17(9)6-8)12(20)15-5-10(18)19/h3-4,6-7,21H,5H2,1-2H3,(H,15,20)(H,18,19). The number of pyridine rings is 1. The van der Waals surface area contributed by atoms with Crippen LogP contribution in [0, 0.1) is 0 Å². The summed E-state index contributed by atoms with van der Waals surface area (Å²) < 4.78 is 6.51. The van der Waals surface area contributed by atoms with E-state index in [9.17, 15) is 19.5 Å². The van der Waals surface area contributed by atoms with Crippen molar-refractivity contribution >= 4 is 17.5 Å². The summed E-state index contributed by atoms with van der Waals surface area (Å²) in [5.41, 5.74) is -1.34. The number of nitrogens with zero attached hydrogens (tertiary/aromatic N) is 2. The van der Waals surface area contributed by atoms with Crippen molar-refractivity contribution in [2.45, 2.75) is 20.0 Å². The quantitative estimate of drug-likeness (QED) is 0.706. The molecule has 0 aromatic carbocycles. The highest BCUT2D eigenvalue weighted by molar-refractivity contribution is 5.97. The highest BCUT2D eigenvalue weighted by atomic mass is 16.5. The number of ether oxygens (including phenoxy) is 1. The Morgan fingerprint density at radius 1 is 1.39 bits per heavy atom. The van der Waals surface area contributed by atoms with Crippen molar-refractivity contribution in [1.82, 2.24) is 14.7 Å². The molecular formula is C14H15N3O6. The topological polar surface area (TPSA) is 130 Å². The third-order valence-electron chi connectivity index (χ3n) is 2.78. The molecule has 122 valence electrons. The lowest BCUT2D eigenvalue weighted by Gasteiger charge is -2.11. The number of aromatic nitrogens is 2. The second-order valence-corrected chi connectivity index (χ2v) is 4.95. The van der Waals surface area contributed by atoms with Crippen LogP contribution in [0.5, 0.6) is 11.6 Å². The monoisotopic (exact) mass is 321 g/mol. The van der Waals surface area contributed by atoms with E-state index in [1.54, 1.807) is 6.07 Å². The van der Waals surface area contributed by atoms with Gasteiger partial charge in [-0.25, -0.2) is 0 Å². The van der Waals surface area contributed by atoms with Gasteiger partial charge in [-0.1, -0.05) is 0 Å². The zero-order valence-electron chi connectivity index (χ0n) is 12.4. The van der Waals surface area contributed by atoms with Gasteiger partial charge in [-0.05, 0) is 26.0 Å². The summed E-state index contributed by atoms with van der Waals surface area (Å²) in [6.07, 6.45) is 1.23. The molecule has 23 heavy (non-hydrogen) atoms. The summed E-state index contributed by atoms with van der Waals surface area (Å²) in [7, 11) is 0. The summed E-state index contributed by atoms with van der Waals surface area (Å²) in [5.74, 6) is -2.68. The minimum Gasteiger partial charge on any atom is -0.493 e. The Kier molecular flexibility index (Phi) is 4.49. The number of carbonyl (C=O) groups excluding carboxylic acids is 1. The van der Waals surface area contributed by atoms with E-state index in [0.717, 1.165) is 4.40 Å². The molecule has 0 saturated carbocycles. The minimum atomic E-state index is -1.28. The Hall–Kier alpha value is -3.10. The Labute approximate surface area is 130 Å². The van der Waals surface area contributed by atoms with E-state index in [0.29, 0.717) is 5.75 Å². The van der Waals surface area contributed by atoms with Crippen molar-refractivity contribution < 1.29 is 24.5 Å². The maximum Gasteiger partial charge on any atom is 0.322 e. The second kappa shape index (κ2) is 6.34. The van der Waals surface area contributed by atoms with Crippen LogP contribution < -0.4 is 15.6 Å². The maximum absolute atomic E-state index is 12.4. The number of fused-ring (bicyclic) bond motifs is 1. The molecule has 2 heterocycles. The number of rotatable bonds is 5. The van der Waals surface area contributed by atoms with E-state index in [-0.39, 0.29) is 11.8 Å². The third-order valence-corrected chi connectivity index (χ3v) is 2.78. The highest BCUT2D eigenvalue weighted by Crippen LogP contribution is 2.16. The van der Waals surface area contributed by atoms with Crippen molar-refractivity contribution in [3.8, 4) is 11.6 Å². The lowest BCUT2D eigenvalue weighted by atomic mass is 10.2. The number of hydrogen-bond acceptors (Lipinski definition) is 6. The molecule has 0 aliphatic carbocycles. The Bertz CT molecular complexity index is 827. The molecule has 2 aromatic heterocycles. The Morgan fingerprint density at radius 2 is 2.09 bits per heavy atom. The van der Waals surface area contributed by atoms with Crippen molar-refractivity contribution in [2.75, 3.05) is 6.54 Å². The van der Waals surface area contributed by atoms with Crippen LogP contribution in [-0.2, 0) is 4.79 Å². The van der Waals surface area contributed by atoms with Crippen molar-refractivity contribution in [3.63, 3.8) is 0 Å². The van der Waals surface area contributed by atoms with Gasteiger partial charge in [-0.3, -0.25) is 18.8 Å². The number of amides is 1. The number of nitrogens with one attached hydrogen (secondary N) is 1. The molecule has 0 bridgehead atoms. The van der Waals surface area contributed by atoms with E-state index in [2.05, 4.69) is 4.98 Å². The molecule has 2 rings (SSSR count). The first kappa shape index (κ1) is 16.3. The summed E-state index contributed by atoms with van der Waals surface area (Å²) in [6.45, 7) is 2.94. The summed E-state index contributed by atoms with van der Waals surface area (Å²) in [5, 5.41) is 20.3. The maximum atomic E-state index is 12.4. The number of carboxylic acid groups (broad SMARTS) is 1. The third kappa shape index (κ3) is 3.57. The average molecular weight is 321 g/mol. The predicted octanol–water partition coefficient (Wildman–Crippen LogP) is 0.00170. The first-order chi connectivity index (χ1) is 10.8. The van der Waals surface area contributed by atoms with Gasteiger partial charge in [-0.15, -0.1) is 0 Å². The van der Waals surface area contributed by atoms with Crippen LogP contribution >= 0.6 is 0 Å². The van der Waals surface area contributed by atoms with Gasteiger partial charge in [0, 0.05) is 0 Å². The van der Waals surface area contributed by atoms with E-state index in [1.807, 2.05) is 19.2 Å². The minimum absolute atomic E-state index is 0.119. The number of aliphatic carboxylic acids is 1. The van der Waals surface area contributed by atoms with Gasteiger partial charge in [0.25, 0.3) is 11.5 Å². The van der Waals surface area contributed by atoms with E-state index < -0.39 is 35.4 Å². The molecule has 0 aliphatic heterocycles. The number of carboxylic acids is 1. The molecule has 0 radical (unpaired) electrons. The van der Waals surface area contributed by atoms with Gasteiger partial charge in [0.15, 0.2) is 5.56 Å². The van der Waals surface area contributed by atoms with E-state index in [1.165, 1.54) is 12.3 Å². The van der Waals surface area contributed by atoms with Gasteiger partial charge >= 0.3 is 5.97 Å². The van der Waals surface area contributed by atoms with Gasteiger partial charge in [0.1, 0.15) is 17.9 Å². The second-order valence-electron chi connectivity index (χ2n) is 4.95. The zero-order chi connectivity index (χ0) is 17.1. The molecule has 3 N–H and O–H groups in total. The van der Waals surface area contributed by atoms with Gasteiger partial charge in [0.05, 0.1) is 12.3 Å². The van der Waals surface area contributed by atoms with Crippen LogP contribution in [-0.4, -0.2) is 44.1 Å². The molecule has 1 amide bonds. The van der Waals surface area contributed by atoms with Crippen LogP contribution in [0.2, 0.25) is 0 Å². The van der Waals surface area contributed by atoms with Crippen molar-refractivity contribution in [1.29, 1.82) is 0 Å². The fourth-order valence-corrected chi connectivity index (χ4v) is 1.89. The van der Waals surface area contributed by atoms with Crippen molar-refractivity contribution in [3.05, 3.63) is 34.2 Å². The number of carbonyl (C=O) groups is 2. The lowest BCUT2D eigenvalue weighted by Crippen LogP contribution is -2.34. The van der Waals surface area contributed by atoms with Crippen molar-refractivity contribution in [2.24, 2.45) is 0 Å². The molecule has 0 unspecified atom stereocenters. The molecule has 9 nitrogen and oxygen atoms in total. The number of hydrogen-bond donors (Lipinski definition) is 3. The zero-order valence-corrected chi connectivity index (χ0v) is 12.4. The van der Waals surface area contributed by atoms with Crippen LogP contribution in [0.4, 0.5) is 0 Å². The van der Waals surface area contributed by atoms with Crippen LogP contribution in [0.25, 0.3) is 5.65 Å². The summed E-state index contributed by atoms with van der Waals surface area (Å²) in [6, 6.07) is 3.03. The van der Waals surface area contributed by atoms with E-state index in [4.69, 9.17) is 9.84 Å². The molecule has 0 atom stereocenters. The predicted molar refractivity (Wildman–Crippen MR) is 78.9 cm³/mol. The Balaban J connectivity index is 2.51. The molecule has 0 spiro atoms. The summed E-state index contributed by atoms with van der Waals surface area (Å²) >= 11 is 0. The van der Waals surface area contributed by atoms with Gasteiger partial charge in [-0.2, -0.15) is 4.98 Å².